The third kappa shape index (κ3) is 2.36. The van der Waals surface area contributed by atoms with Gasteiger partial charge in [0.25, 0.3) is 0 Å². The number of carbonyl (C=O) groups is 1. The lowest BCUT2D eigenvalue weighted by Crippen LogP contribution is -2.11. The maximum Gasteiger partial charge on any atom is 0.327 e. The van der Waals surface area contributed by atoms with Gasteiger partial charge < -0.3 is 5.11 Å². The minimum Gasteiger partial charge on any atom is -0.480 e. The Kier molecular flexibility index (Phi) is 2.73. The Bertz CT molecular complexity index is 495. The van der Waals surface area contributed by atoms with Gasteiger partial charge in [-0.2, -0.15) is 4.80 Å². The Morgan fingerprint density at radius 2 is 2.47 bits per heavy atom. The van der Waals surface area contributed by atoms with E-state index in [2.05, 4.69) is 36.3 Å². The van der Waals surface area contributed by atoms with Gasteiger partial charge in [-0.25, -0.2) is 4.98 Å². The molecule has 0 bridgehead atoms. The summed E-state index contributed by atoms with van der Waals surface area (Å²) in [5, 5.41) is 20.3. The molecule has 0 saturated carbocycles. The predicted octanol–water partition coefficient (Wildman–Crippen LogP) is 0.644. The zero-order valence-electron chi connectivity index (χ0n) is 7.16. The average Bonchev–Trinajstić information content (AvgIpc) is 2.72. The van der Waals surface area contributed by atoms with E-state index in [0.717, 1.165) is 8.58 Å². The molecule has 78 valence electrons. The Balaban J connectivity index is 2.23. The van der Waals surface area contributed by atoms with Crippen LogP contribution in [-0.2, 0) is 11.3 Å². The van der Waals surface area contributed by atoms with Crippen molar-refractivity contribution in [1.82, 2.24) is 25.2 Å². The van der Waals surface area contributed by atoms with E-state index < -0.39 is 5.97 Å². The summed E-state index contributed by atoms with van der Waals surface area (Å²) in [4.78, 5) is 15.4. The fourth-order valence-corrected chi connectivity index (χ4v) is 2.01. The molecule has 0 aliphatic heterocycles. The largest absolute Gasteiger partial charge is 0.480 e. The van der Waals surface area contributed by atoms with Gasteiger partial charge in [-0.3, -0.25) is 4.79 Å². The van der Waals surface area contributed by atoms with Crippen LogP contribution in [0.25, 0.3) is 10.8 Å². The van der Waals surface area contributed by atoms with Crippen molar-refractivity contribution in [2.75, 3.05) is 0 Å². The molecule has 7 nitrogen and oxygen atoms in total. The monoisotopic (exact) mass is 289 g/mol. The second-order valence-corrected chi connectivity index (χ2v) is 4.92. The standard InChI is InChI=1S/C6H4BrN5O2S/c7-3-1-8-6(15-3)5-9-11-12(10-5)2-4(13)14/h1H,2H2,(H,13,14). The fraction of sp³-hybridized carbons (Fsp3) is 0.167. The zero-order valence-corrected chi connectivity index (χ0v) is 9.56. The molecule has 0 saturated heterocycles. The van der Waals surface area contributed by atoms with Crippen LogP contribution in [0.2, 0.25) is 0 Å². The van der Waals surface area contributed by atoms with E-state index in [0.29, 0.717) is 10.8 Å². The molecule has 0 radical (unpaired) electrons. The molecule has 0 atom stereocenters. The minimum absolute atomic E-state index is 0.306. The molecule has 2 aromatic rings. The lowest BCUT2D eigenvalue weighted by Gasteiger charge is -1.89. The van der Waals surface area contributed by atoms with E-state index >= 15 is 0 Å². The highest BCUT2D eigenvalue weighted by Crippen LogP contribution is 2.25. The first-order valence-electron chi connectivity index (χ1n) is 3.76. The van der Waals surface area contributed by atoms with Crippen molar-refractivity contribution < 1.29 is 9.90 Å². The smallest absolute Gasteiger partial charge is 0.327 e. The van der Waals surface area contributed by atoms with Crippen LogP contribution in [0.3, 0.4) is 0 Å². The summed E-state index contributed by atoms with van der Waals surface area (Å²) in [7, 11) is 0. The highest BCUT2D eigenvalue weighted by Gasteiger charge is 2.11. The van der Waals surface area contributed by atoms with Crippen molar-refractivity contribution in [2.24, 2.45) is 0 Å². The van der Waals surface area contributed by atoms with Gasteiger partial charge in [0.2, 0.25) is 5.82 Å². The third-order valence-corrected chi connectivity index (χ3v) is 2.87. The van der Waals surface area contributed by atoms with Crippen LogP contribution < -0.4 is 0 Å². The normalized spacial score (nSPS) is 10.5. The lowest BCUT2D eigenvalue weighted by atomic mass is 10.6. The number of aliphatic carboxylic acids is 1. The Hall–Kier alpha value is -1.35. The van der Waals surface area contributed by atoms with E-state index in [9.17, 15) is 4.79 Å². The van der Waals surface area contributed by atoms with Gasteiger partial charge in [-0.05, 0) is 21.1 Å². The van der Waals surface area contributed by atoms with Gasteiger partial charge >= 0.3 is 5.97 Å². The summed E-state index contributed by atoms with van der Waals surface area (Å²) in [5.41, 5.74) is 0. The second kappa shape index (κ2) is 4.03. The summed E-state index contributed by atoms with van der Waals surface area (Å²) >= 11 is 4.61. The van der Waals surface area contributed by atoms with E-state index in [1.165, 1.54) is 11.3 Å². The predicted molar refractivity (Wildman–Crippen MR) is 54.3 cm³/mol. The molecular formula is C6H4BrN5O2S. The summed E-state index contributed by atoms with van der Waals surface area (Å²) in [6.07, 6.45) is 1.62. The summed E-state index contributed by atoms with van der Waals surface area (Å²) in [6.45, 7) is -0.306. The maximum atomic E-state index is 10.4. The topological polar surface area (TPSA) is 93.8 Å². The summed E-state index contributed by atoms with van der Waals surface area (Å²) < 4.78 is 0.854. The van der Waals surface area contributed by atoms with Crippen molar-refractivity contribution >= 4 is 33.2 Å². The van der Waals surface area contributed by atoms with Crippen LogP contribution >= 0.6 is 27.3 Å². The number of tetrazole rings is 1. The number of thiazole rings is 1. The van der Waals surface area contributed by atoms with Crippen molar-refractivity contribution in [1.29, 1.82) is 0 Å². The molecule has 0 aromatic carbocycles. The van der Waals surface area contributed by atoms with Crippen molar-refractivity contribution in [2.45, 2.75) is 6.54 Å². The van der Waals surface area contributed by atoms with Crippen LogP contribution in [0.15, 0.2) is 9.98 Å². The molecule has 0 aliphatic carbocycles. The number of hydrogen-bond donors (Lipinski definition) is 1. The molecular weight excluding hydrogens is 286 g/mol. The zero-order chi connectivity index (χ0) is 10.8. The molecule has 0 amide bonds. The Morgan fingerprint density at radius 3 is 3.07 bits per heavy atom. The number of hydrogen-bond acceptors (Lipinski definition) is 6. The highest BCUT2D eigenvalue weighted by atomic mass is 79.9. The number of rotatable bonds is 3. The van der Waals surface area contributed by atoms with Gasteiger partial charge in [-0.15, -0.1) is 21.5 Å². The van der Waals surface area contributed by atoms with Crippen LogP contribution in [-0.4, -0.2) is 36.3 Å². The van der Waals surface area contributed by atoms with E-state index in [-0.39, 0.29) is 6.54 Å². The quantitative estimate of drug-likeness (QED) is 0.891. The Morgan fingerprint density at radius 1 is 1.67 bits per heavy atom. The van der Waals surface area contributed by atoms with Crippen LogP contribution in [0.5, 0.6) is 0 Å². The molecule has 1 N–H and O–H groups in total. The van der Waals surface area contributed by atoms with E-state index in [1.807, 2.05) is 0 Å². The third-order valence-electron chi connectivity index (χ3n) is 1.40. The number of nitrogens with zero attached hydrogens (tertiary/aromatic N) is 5. The van der Waals surface area contributed by atoms with Gasteiger partial charge in [0.1, 0.15) is 0 Å². The molecule has 0 fully saturated rings. The number of carboxylic acid groups (broad SMARTS) is 1. The number of halogens is 1. The van der Waals surface area contributed by atoms with Crippen LogP contribution in [0, 0.1) is 0 Å². The van der Waals surface area contributed by atoms with Crippen molar-refractivity contribution in [3.8, 4) is 10.8 Å². The molecule has 0 aliphatic rings. The fourth-order valence-electron chi connectivity index (χ4n) is 0.875. The molecule has 2 aromatic heterocycles. The Labute approximate surface area is 95.9 Å². The van der Waals surface area contributed by atoms with Gasteiger partial charge in [0.15, 0.2) is 11.6 Å². The van der Waals surface area contributed by atoms with Crippen molar-refractivity contribution in [3.63, 3.8) is 0 Å². The summed E-state index contributed by atoms with van der Waals surface area (Å²) in [5.74, 6) is -0.689. The highest BCUT2D eigenvalue weighted by molar-refractivity contribution is 9.11. The minimum atomic E-state index is -1.01. The SMILES string of the molecule is O=C(O)Cn1nnc(-c2ncc(Br)s2)n1. The second-order valence-electron chi connectivity index (χ2n) is 2.51. The van der Waals surface area contributed by atoms with E-state index in [4.69, 9.17) is 5.11 Å². The first-order valence-corrected chi connectivity index (χ1v) is 5.37. The lowest BCUT2D eigenvalue weighted by molar-refractivity contribution is -0.138. The molecule has 0 spiro atoms. The molecule has 2 rings (SSSR count). The number of carboxylic acids is 1. The van der Waals surface area contributed by atoms with Crippen LogP contribution in [0.1, 0.15) is 0 Å². The number of aromatic nitrogens is 5. The molecule has 15 heavy (non-hydrogen) atoms. The van der Waals surface area contributed by atoms with Gasteiger partial charge in [-0.1, -0.05) is 0 Å². The van der Waals surface area contributed by atoms with Gasteiger partial charge in [0.05, 0.1) is 9.98 Å². The first kappa shape index (κ1) is 10.2. The maximum absolute atomic E-state index is 10.4. The summed E-state index contributed by atoms with van der Waals surface area (Å²) in [6, 6.07) is 0. The van der Waals surface area contributed by atoms with E-state index in [1.54, 1.807) is 6.20 Å². The van der Waals surface area contributed by atoms with Crippen molar-refractivity contribution in [3.05, 3.63) is 9.98 Å². The van der Waals surface area contributed by atoms with Crippen LogP contribution in [0.4, 0.5) is 0 Å². The first-order chi connectivity index (χ1) is 7.15. The molecule has 9 heteroatoms. The average molecular weight is 290 g/mol. The van der Waals surface area contributed by atoms with Gasteiger partial charge in [0, 0.05) is 0 Å². The molecule has 2 heterocycles. The molecule has 0 unspecified atom stereocenters.